The highest BCUT2D eigenvalue weighted by molar-refractivity contribution is 9.10. The van der Waals surface area contributed by atoms with E-state index < -0.39 is 0 Å². The third-order valence-electron chi connectivity index (χ3n) is 2.38. The molecule has 2 aromatic rings. The summed E-state index contributed by atoms with van der Waals surface area (Å²) in [4.78, 5) is 12.2. The molecule has 104 valence electrons. The minimum atomic E-state index is 0.118. The van der Waals surface area contributed by atoms with E-state index >= 15 is 0 Å². The van der Waals surface area contributed by atoms with Crippen molar-refractivity contribution in [2.24, 2.45) is 4.99 Å². The van der Waals surface area contributed by atoms with Gasteiger partial charge in [0.2, 0.25) is 5.96 Å². The molecule has 0 fully saturated rings. The Kier molecular flexibility index (Phi) is 4.89. The predicted molar refractivity (Wildman–Crippen MR) is 81.6 cm³/mol. The van der Waals surface area contributed by atoms with E-state index in [9.17, 15) is 0 Å². The Bertz CT molecular complexity index is 632. The topological polar surface area (TPSA) is 82.4 Å². The van der Waals surface area contributed by atoms with Crippen LogP contribution in [-0.2, 0) is 0 Å². The summed E-state index contributed by atoms with van der Waals surface area (Å²) in [6, 6.07) is 5.19. The maximum atomic E-state index is 9.13. The predicted octanol–water partition coefficient (Wildman–Crippen LogP) is 3.28. The van der Waals surface area contributed by atoms with Crippen molar-refractivity contribution in [3.05, 3.63) is 45.8 Å². The number of aryl methyl sites for hydroxylation is 1. The number of rotatable bonds is 2. The Labute approximate surface area is 129 Å². The molecular formula is C12H11BrClN5O. The molecule has 20 heavy (non-hydrogen) atoms. The van der Waals surface area contributed by atoms with Crippen molar-refractivity contribution in [3.63, 3.8) is 0 Å². The normalized spacial score (nSPS) is 11.3. The molecular weight excluding hydrogens is 346 g/mol. The molecule has 0 aliphatic rings. The largest absolute Gasteiger partial charge is 0.323 e. The van der Waals surface area contributed by atoms with Crippen molar-refractivity contribution < 1.29 is 5.21 Å². The average molecular weight is 357 g/mol. The van der Waals surface area contributed by atoms with Crippen LogP contribution in [-0.4, -0.2) is 21.1 Å². The van der Waals surface area contributed by atoms with Crippen molar-refractivity contribution in [2.45, 2.75) is 6.92 Å². The molecule has 0 radical (unpaired) electrons. The van der Waals surface area contributed by atoms with Gasteiger partial charge >= 0.3 is 0 Å². The highest BCUT2D eigenvalue weighted by atomic mass is 79.9. The third kappa shape index (κ3) is 3.66. The van der Waals surface area contributed by atoms with E-state index in [0.717, 1.165) is 10.0 Å². The summed E-state index contributed by atoms with van der Waals surface area (Å²) in [5, 5.41) is 12.4. The van der Waals surface area contributed by atoms with Crippen LogP contribution in [0.25, 0.3) is 0 Å². The molecule has 0 spiro atoms. The van der Waals surface area contributed by atoms with Crippen LogP contribution in [0.4, 0.5) is 11.5 Å². The fourth-order valence-corrected chi connectivity index (χ4v) is 1.81. The standard InChI is InChI=1S/C12H11BrClN5O/c1-7-4-5-15-11(10(7)13)18-12(19-20)17-8-2-3-9(14)16-6-8/h2-6,20H,1H3,(H2,15,17,18,19). The van der Waals surface area contributed by atoms with Crippen LogP contribution in [0.1, 0.15) is 5.56 Å². The lowest BCUT2D eigenvalue weighted by molar-refractivity contribution is 0.234. The van der Waals surface area contributed by atoms with Gasteiger partial charge in [-0.15, -0.1) is 0 Å². The lowest BCUT2D eigenvalue weighted by atomic mass is 10.3. The molecule has 0 aromatic carbocycles. The van der Waals surface area contributed by atoms with Gasteiger partial charge in [-0.05, 0) is 46.6 Å². The summed E-state index contributed by atoms with van der Waals surface area (Å²) in [6.45, 7) is 1.92. The van der Waals surface area contributed by atoms with E-state index in [4.69, 9.17) is 16.8 Å². The molecule has 6 nitrogen and oxygen atoms in total. The summed E-state index contributed by atoms with van der Waals surface area (Å²) in [5.41, 5.74) is 3.59. The van der Waals surface area contributed by atoms with Crippen LogP contribution >= 0.6 is 27.5 Å². The van der Waals surface area contributed by atoms with Crippen LogP contribution in [0, 0.1) is 6.92 Å². The second-order valence-corrected chi connectivity index (χ2v) is 5.01. The quantitative estimate of drug-likeness (QED) is 0.333. The van der Waals surface area contributed by atoms with Crippen LogP contribution in [0.5, 0.6) is 0 Å². The Morgan fingerprint density at radius 2 is 2.15 bits per heavy atom. The molecule has 8 heteroatoms. The second-order valence-electron chi connectivity index (χ2n) is 3.83. The summed E-state index contributed by atoms with van der Waals surface area (Å²) in [7, 11) is 0. The minimum Gasteiger partial charge on any atom is -0.323 e. The van der Waals surface area contributed by atoms with E-state index in [0.29, 0.717) is 16.7 Å². The number of pyridine rings is 2. The van der Waals surface area contributed by atoms with Gasteiger partial charge in [0.05, 0.1) is 16.4 Å². The number of hydroxylamine groups is 1. The number of anilines is 1. The Morgan fingerprint density at radius 1 is 1.35 bits per heavy atom. The van der Waals surface area contributed by atoms with E-state index in [-0.39, 0.29) is 5.96 Å². The van der Waals surface area contributed by atoms with Gasteiger partial charge in [-0.1, -0.05) is 11.6 Å². The molecule has 0 aliphatic heterocycles. The number of guanidine groups is 1. The number of nitrogens with zero attached hydrogens (tertiary/aromatic N) is 3. The van der Waals surface area contributed by atoms with Crippen molar-refractivity contribution in [1.29, 1.82) is 0 Å². The summed E-state index contributed by atoms with van der Waals surface area (Å²) < 4.78 is 0.754. The summed E-state index contributed by atoms with van der Waals surface area (Å²) in [5.74, 6) is 0.559. The molecule has 0 unspecified atom stereocenters. The highest BCUT2D eigenvalue weighted by Crippen LogP contribution is 2.25. The van der Waals surface area contributed by atoms with Gasteiger partial charge in [-0.3, -0.25) is 5.21 Å². The lowest BCUT2D eigenvalue weighted by Gasteiger charge is -2.08. The first kappa shape index (κ1) is 14.7. The van der Waals surface area contributed by atoms with Crippen LogP contribution in [0.15, 0.2) is 40.1 Å². The first-order chi connectivity index (χ1) is 9.60. The molecule has 0 atom stereocenters. The fourth-order valence-electron chi connectivity index (χ4n) is 1.38. The Morgan fingerprint density at radius 3 is 2.80 bits per heavy atom. The number of hydrogen-bond donors (Lipinski definition) is 3. The molecule has 2 heterocycles. The molecule has 2 rings (SSSR count). The van der Waals surface area contributed by atoms with Gasteiger partial charge in [0.15, 0.2) is 5.82 Å². The SMILES string of the molecule is Cc1ccnc(N=C(NO)Nc2ccc(Cl)nc2)c1Br. The van der Waals surface area contributed by atoms with Crippen LogP contribution < -0.4 is 10.8 Å². The third-order valence-corrected chi connectivity index (χ3v) is 3.58. The molecule has 0 saturated heterocycles. The molecule has 0 amide bonds. The Hall–Kier alpha value is -1.70. The van der Waals surface area contributed by atoms with E-state index in [2.05, 4.69) is 36.2 Å². The molecule has 0 bridgehead atoms. The summed E-state index contributed by atoms with van der Waals surface area (Å²) >= 11 is 9.10. The van der Waals surface area contributed by atoms with Crippen LogP contribution in [0.2, 0.25) is 5.15 Å². The summed E-state index contributed by atoms with van der Waals surface area (Å²) in [6.07, 6.45) is 3.16. The second kappa shape index (κ2) is 6.65. The molecule has 0 saturated carbocycles. The van der Waals surface area contributed by atoms with Gasteiger partial charge in [-0.25, -0.2) is 15.4 Å². The number of nitrogens with one attached hydrogen (secondary N) is 2. The maximum Gasteiger partial charge on any atom is 0.226 e. The smallest absolute Gasteiger partial charge is 0.226 e. The van der Waals surface area contributed by atoms with E-state index in [1.54, 1.807) is 18.3 Å². The lowest BCUT2D eigenvalue weighted by Crippen LogP contribution is -2.27. The van der Waals surface area contributed by atoms with E-state index in [1.807, 2.05) is 18.5 Å². The van der Waals surface area contributed by atoms with Gasteiger partial charge in [0.1, 0.15) is 5.15 Å². The van der Waals surface area contributed by atoms with Crippen molar-refractivity contribution in [2.75, 3.05) is 5.32 Å². The average Bonchev–Trinajstić information content (AvgIpc) is 2.45. The van der Waals surface area contributed by atoms with Gasteiger partial charge < -0.3 is 5.32 Å². The monoisotopic (exact) mass is 355 g/mol. The van der Waals surface area contributed by atoms with Crippen LogP contribution in [0.3, 0.4) is 0 Å². The zero-order valence-corrected chi connectivity index (χ0v) is 12.8. The van der Waals surface area contributed by atoms with Crippen molar-refractivity contribution in [1.82, 2.24) is 15.4 Å². The Balaban J connectivity index is 2.25. The number of aliphatic imine (C=N–C) groups is 1. The van der Waals surface area contributed by atoms with Gasteiger partial charge in [-0.2, -0.15) is 4.99 Å². The minimum absolute atomic E-state index is 0.118. The first-order valence-electron chi connectivity index (χ1n) is 5.58. The number of hydrogen-bond acceptors (Lipinski definition) is 4. The van der Waals surface area contributed by atoms with Gasteiger partial charge in [0.25, 0.3) is 0 Å². The van der Waals surface area contributed by atoms with Gasteiger partial charge in [0, 0.05) is 6.20 Å². The zero-order valence-electron chi connectivity index (χ0n) is 10.4. The molecule has 3 N–H and O–H groups in total. The van der Waals surface area contributed by atoms with Crippen molar-refractivity contribution in [3.8, 4) is 0 Å². The number of aromatic nitrogens is 2. The molecule has 0 aliphatic carbocycles. The highest BCUT2D eigenvalue weighted by Gasteiger charge is 2.05. The van der Waals surface area contributed by atoms with E-state index in [1.165, 1.54) is 6.20 Å². The fraction of sp³-hybridized carbons (Fsp3) is 0.0833. The maximum absolute atomic E-state index is 9.13. The first-order valence-corrected chi connectivity index (χ1v) is 6.75. The zero-order chi connectivity index (χ0) is 14.5. The number of halogens is 2. The van der Waals surface area contributed by atoms with Crippen molar-refractivity contribution >= 4 is 45.0 Å². The molecule has 2 aromatic heterocycles.